The van der Waals surface area contributed by atoms with Crippen LogP contribution in [0.25, 0.3) is 0 Å². The Bertz CT molecular complexity index is 570. The zero-order chi connectivity index (χ0) is 16.7. The average molecular weight is 322 g/mol. The predicted molar refractivity (Wildman–Crippen MR) is 82.3 cm³/mol. The Morgan fingerprint density at radius 2 is 1.91 bits per heavy atom. The van der Waals surface area contributed by atoms with Gasteiger partial charge in [0.15, 0.2) is 5.79 Å². The standard InChI is InChI=1S/C18H26O5/c1-8-6-11-13(9(2)16(20)21-11)15-18(5)12(7-10(19)14(8)18)22-17(3,4)23-15/h8,10-15,19H,2,6-7H2,1,3-5H3/t8-,10+,11+,12+,13-,14-,15+,18-/m1/s1. The molecule has 4 rings (SSSR count). The summed E-state index contributed by atoms with van der Waals surface area (Å²) in [5.41, 5.74) is 0.164. The van der Waals surface area contributed by atoms with Crippen LogP contribution < -0.4 is 0 Å². The number of rotatable bonds is 0. The molecule has 4 fully saturated rings. The second-order valence-electron chi connectivity index (χ2n) is 8.45. The fraction of sp³-hybridized carbons (Fsp3) is 0.833. The van der Waals surface area contributed by atoms with Gasteiger partial charge in [0.1, 0.15) is 6.10 Å². The smallest absolute Gasteiger partial charge is 0.334 e. The van der Waals surface area contributed by atoms with Gasteiger partial charge in [-0.05, 0) is 32.1 Å². The lowest BCUT2D eigenvalue weighted by Gasteiger charge is -2.53. The first-order valence-corrected chi connectivity index (χ1v) is 8.58. The molecule has 5 nitrogen and oxygen atoms in total. The van der Waals surface area contributed by atoms with Crippen molar-refractivity contribution in [1.29, 1.82) is 0 Å². The van der Waals surface area contributed by atoms with Gasteiger partial charge in [0, 0.05) is 17.4 Å². The summed E-state index contributed by atoms with van der Waals surface area (Å²) in [4.78, 5) is 12.1. The van der Waals surface area contributed by atoms with Gasteiger partial charge in [-0.15, -0.1) is 0 Å². The maximum Gasteiger partial charge on any atom is 0.334 e. The van der Waals surface area contributed by atoms with Crippen LogP contribution in [-0.4, -0.2) is 41.3 Å². The molecule has 0 spiro atoms. The summed E-state index contributed by atoms with van der Waals surface area (Å²) in [5, 5.41) is 10.7. The molecule has 4 aliphatic rings. The Labute approximate surface area is 137 Å². The molecule has 0 bridgehead atoms. The van der Waals surface area contributed by atoms with Gasteiger partial charge in [-0.3, -0.25) is 0 Å². The number of carbonyl (C=O) groups is 1. The molecule has 5 heteroatoms. The molecule has 0 radical (unpaired) electrons. The topological polar surface area (TPSA) is 65.0 Å². The Morgan fingerprint density at radius 1 is 1.22 bits per heavy atom. The van der Waals surface area contributed by atoms with Crippen molar-refractivity contribution < 1.29 is 24.1 Å². The summed E-state index contributed by atoms with van der Waals surface area (Å²) in [6.45, 7) is 12.1. The minimum absolute atomic E-state index is 0.0747. The molecule has 0 aromatic heterocycles. The maximum atomic E-state index is 12.1. The molecular formula is C18H26O5. The number of ether oxygens (including phenoxy) is 3. The lowest BCUT2D eigenvalue weighted by Crippen LogP contribution is -2.60. The molecular weight excluding hydrogens is 296 g/mol. The van der Waals surface area contributed by atoms with Gasteiger partial charge in [0.2, 0.25) is 0 Å². The third-order valence-electron chi connectivity index (χ3n) is 6.60. The van der Waals surface area contributed by atoms with Gasteiger partial charge in [-0.1, -0.05) is 20.4 Å². The van der Waals surface area contributed by atoms with Crippen molar-refractivity contribution in [3.63, 3.8) is 0 Å². The molecule has 0 aromatic carbocycles. The van der Waals surface area contributed by atoms with Crippen LogP contribution in [0.4, 0.5) is 0 Å². The number of hydrogen-bond donors (Lipinski definition) is 1. The Morgan fingerprint density at radius 3 is 2.61 bits per heavy atom. The third kappa shape index (κ3) is 1.93. The monoisotopic (exact) mass is 322 g/mol. The van der Waals surface area contributed by atoms with E-state index in [2.05, 4.69) is 20.4 Å². The first-order valence-electron chi connectivity index (χ1n) is 8.58. The van der Waals surface area contributed by atoms with Crippen LogP contribution in [0, 0.1) is 23.2 Å². The van der Waals surface area contributed by atoms with E-state index in [9.17, 15) is 9.90 Å². The maximum absolute atomic E-state index is 12.1. The van der Waals surface area contributed by atoms with E-state index in [1.54, 1.807) is 0 Å². The Kier molecular flexibility index (Phi) is 3.11. The molecule has 1 N–H and O–H groups in total. The second-order valence-corrected chi connectivity index (χ2v) is 8.45. The number of aliphatic hydroxyl groups excluding tert-OH is 1. The fourth-order valence-corrected chi connectivity index (χ4v) is 5.79. The van der Waals surface area contributed by atoms with Crippen LogP contribution in [0.5, 0.6) is 0 Å². The molecule has 2 saturated carbocycles. The van der Waals surface area contributed by atoms with E-state index in [4.69, 9.17) is 14.2 Å². The molecule has 2 aliphatic heterocycles. The van der Waals surface area contributed by atoms with Crippen molar-refractivity contribution >= 4 is 5.97 Å². The van der Waals surface area contributed by atoms with Gasteiger partial charge in [-0.2, -0.15) is 0 Å². The van der Waals surface area contributed by atoms with Crippen LogP contribution in [0.15, 0.2) is 12.2 Å². The van der Waals surface area contributed by atoms with Gasteiger partial charge in [0.25, 0.3) is 0 Å². The molecule has 2 heterocycles. The van der Waals surface area contributed by atoms with E-state index in [0.29, 0.717) is 12.0 Å². The van der Waals surface area contributed by atoms with Gasteiger partial charge >= 0.3 is 5.97 Å². The number of fused-ring (bicyclic) bond motifs is 2. The molecule has 2 aliphatic carbocycles. The van der Waals surface area contributed by atoms with Crippen LogP contribution >= 0.6 is 0 Å². The summed E-state index contributed by atoms with van der Waals surface area (Å²) in [6.07, 6.45) is 0.419. The number of esters is 1. The summed E-state index contributed by atoms with van der Waals surface area (Å²) >= 11 is 0. The zero-order valence-electron chi connectivity index (χ0n) is 14.2. The number of hydrogen-bond acceptors (Lipinski definition) is 5. The van der Waals surface area contributed by atoms with E-state index in [-0.39, 0.29) is 47.4 Å². The highest BCUT2D eigenvalue weighted by atomic mass is 16.7. The SMILES string of the molecule is C=C1C(=O)O[C@H]2C[C@@H](C)[C@@H]3[C@@H](O)C[C@@H]4OC(C)(C)O[C@@H]([C@H]12)[C@@]34C. The van der Waals surface area contributed by atoms with Gasteiger partial charge in [0.05, 0.1) is 24.2 Å². The van der Waals surface area contributed by atoms with E-state index in [1.165, 1.54) is 0 Å². The van der Waals surface area contributed by atoms with Crippen LogP contribution in [0.1, 0.15) is 40.5 Å². The lowest BCUT2D eigenvalue weighted by atomic mass is 9.66. The third-order valence-corrected chi connectivity index (χ3v) is 6.60. The van der Waals surface area contributed by atoms with Crippen molar-refractivity contribution in [2.24, 2.45) is 23.2 Å². The largest absolute Gasteiger partial charge is 0.458 e. The van der Waals surface area contributed by atoms with Crippen LogP contribution in [0.2, 0.25) is 0 Å². The van der Waals surface area contributed by atoms with E-state index in [1.807, 2.05) is 13.8 Å². The summed E-state index contributed by atoms with van der Waals surface area (Å²) in [7, 11) is 0. The summed E-state index contributed by atoms with van der Waals surface area (Å²) < 4.78 is 18.1. The van der Waals surface area contributed by atoms with Crippen LogP contribution in [0.3, 0.4) is 0 Å². The molecule has 23 heavy (non-hydrogen) atoms. The average Bonchev–Trinajstić information content (AvgIpc) is 2.79. The Hall–Kier alpha value is -0.910. The molecule has 2 saturated heterocycles. The lowest BCUT2D eigenvalue weighted by molar-refractivity contribution is -0.351. The highest BCUT2D eigenvalue weighted by Gasteiger charge is 2.68. The van der Waals surface area contributed by atoms with Gasteiger partial charge in [-0.25, -0.2) is 4.79 Å². The Balaban J connectivity index is 1.86. The minimum atomic E-state index is -0.743. The number of aliphatic hydroxyl groups is 1. The first kappa shape index (κ1) is 15.6. The molecule has 0 unspecified atom stereocenters. The summed E-state index contributed by atoms with van der Waals surface area (Å²) in [5.74, 6) is -0.906. The highest BCUT2D eigenvalue weighted by Crippen LogP contribution is 2.61. The predicted octanol–water partition coefficient (Wildman–Crippen LogP) is 2.03. The minimum Gasteiger partial charge on any atom is -0.458 e. The van der Waals surface area contributed by atoms with Crippen molar-refractivity contribution in [2.75, 3.05) is 0 Å². The van der Waals surface area contributed by atoms with Crippen molar-refractivity contribution in [3.8, 4) is 0 Å². The first-order chi connectivity index (χ1) is 10.6. The summed E-state index contributed by atoms with van der Waals surface area (Å²) in [6, 6.07) is 0. The molecule has 128 valence electrons. The molecule has 0 aromatic rings. The quantitative estimate of drug-likeness (QED) is 0.546. The van der Waals surface area contributed by atoms with Gasteiger partial charge < -0.3 is 19.3 Å². The fourth-order valence-electron chi connectivity index (χ4n) is 5.79. The van der Waals surface area contributed by atoms with E-state index >= 15 is 0 Å². The van der Waals surface area contributed by atoms with E-state index in [0.717, 1.165) is 6.42 Å². The molecule has 8 atom stereocenters. The molecule has 0 amide bonds. The second kappa shape index (κ2) is 4.58. The normalized spacial score (nSPS) is 54.2. The zero-order valence-corrected chi connectivity index (χ0v) is 14.2. The van der Waals surface area contributed by atoms with E-state index < -0.39 is 11.9 Å². The van der Waals surface area contributed by atoms with Crippen molar-refractivity contribution in [2.45, 2.75) is 70.7 Å². The van der Waals surface area contributed by atoms with Crippen molar-refractivity contribution in [3.05, 3.63) is 12.2 Å². The van der Waals surface area contributed by atoms with Crippen LogP contribution in [-0.2, 0) is 19.0 Å². The highest BCUT2D eigenvalue weighted by molar-refractivity contribution is 5.91. The van der Waals surface area contributed by atoms with Crippen molar-refractivity contribution in [1.82, 2.24) is 0 Å². The number of carbonyl (C=O) groups excluding carboxylic acids is 1.